The van der Waals surface area contributed by atoms with E-state index in [1.165, 1.54) is 0 Å². The molecule has 0 aliphatic heterocycles. The van der Waals surface area contributed by atoms with E-state index in [0.29, 0.717) is 32.5 Å². The van der Waals surface area contributed by atoms with Crippen LogP contribution in [-0.4, -0.2) is 16.5 Å². The van der Waals surface area contributed by atoms with Crippen molar-refractivity contribution < 1.29 is 0 Å². The maximum Gasteiger partial charge on any atom is 0.224 e. The Kier molecular flexibility index (Phi) is 4.69. The lowest BCUT2D eigenvalue weighted by molar-refractivity contribution is 1.09. The van der Waals surface area contributed by atoms with Gasteiger partial charge in [0.1, 0.15) is 5.82 Å². The quantitative estimate of drug-likeness (QED) is 0.808. The van der Waals surface area contributed by atoms with Gasteiger partial charge < -0.3 is 10.6 Å². The van der Waals surface area contributed by atoms with Crippen LogP contribution < -0.4 is 10.6 Å². The van der Waals surface area contributed by atoms with Gasteiger partial charge in [-0.3, -0.25) is 0 Å². The van der Waals surface area contributed by atoms with Crippen LogP contribution in [0, 0.1) is 0 Å². The van der Waals surface area contributed by atoms with Crippen LogP contribution in [0.15, 0.2) is 24.4 Å². The molecule has 1 heterocycles. The largest absolute Gasteiger partial charge is 0.354 e. The highest BCUT2D eigenvalue weighted by Crippen LogP contribution is 2.33. The molecule has 0 fully saturated rings. The summed E-state index contributed by atoms with van der Waals surface area (Å²) in [6.07, 6.45) is 1.65. The van der Waals surface area contributed by atoms with Crippen molar-refractivity contribution in [2.24, 2.45) is 0 Å². The molecule has 0 amide bonds. The summed E-state index contributed by atoms with van der Waals surface area (Å²) < 4.78 is 0. The van der Waals surface area contributed by atoms with Crippen LogP contribution >= 0.6 is 34.8 Å². The molecular formula is C12H11Cl3N4. The first-order chi connectivity index (χ1) is 9.10. The van der Waals surface area contributed by atoms with Gasteiger partial charge in [0.2, 0.25) is 5.95 Å². The smallest absolute Gasteiger partial charge is 0.224 e. The third kappa shape index (κ3) is 3.62. The predicted octanol–water partition coefficient (Wildman–Crippen LogP) is 4.61. The summed E-state index contributed by atoms with van der Waals surface area (Å²) in [5.41, 5.74) is 0.636. The molecule has 7 heteroatoms. The Morgan fingerprint density at radius 1 is 1.11 bits per heavy atom. The summed E-state index contributed by atoms with van der Waals surface area (Å²) in [5.74, 6) is 1.16. The Bertz CT molecular complexity index is 589. The number of hydrogen-bond acceptors (Lipinski definition) is 4. The fraction of sp³-hybridized carbons (Fsp3) is 0.167. The van der Waals surface area contributed by atoms with Gasteiger partial charge in [0, 0.05) is 12.7 Å². The van der Waals surface area contributed by atoms with Gasteiger partial charge >= 0.3 is 0 Å². The molecule has 0 radical (unpaired) electrons. The van der Waals surface area contributed by atoms with E-state index < -0.39 is 0 Å². The molecular weight excluding hydrogens is 307 g/mol. The van der Waals surface area contributed by atoms with E-state index >= 15 is 0 Å². The van der Waals surface area contributed by atoms with Gasteiger partial charge in [-0.05, 0) is 25.1 Å². The first-order valence-corrected chi connectivity index (χ1v) is 6.72. The van der Waals surface area contributed by atoms with Crippen molar-refractivity contribution in [2.45, 2.75) is 6.92 Å². The van der Waals surface area contributed by atoms with E-state index in [0.717, 1.165) is 6.54 Å². The van der Waals surface area contributed by atoms with E-state index in [4.69, 9.17) is 34.8 Å². The summed E-state index contributed by atoms with van der Waals surface area (Å²) in [7, 11) is 0. The number of halogens is 3. The number of anilines is 3. The molecule has 1 aromatic carbocycles. The zero-order valence-electron chi connectivity index (χ0n) is 10.0. The highest BCUT2D eigenvalue weighted by atomic mass is 35.5. The highest BCUT2D eigenvalue weighted by molar-refractivity contribution is 6.44. The maximum atomic E-state index is 6.09. The van der Waals surface area contributed by atoms with E-state index in [1.54, 1.807) is 24.4 Å². The van der Waals surface area contributed by atoms with Crippen molar-refractivity contribution in [2.75, 3.05) is 17.2 Å². The molecule has 0 aliphatic carbocycles. The number of rotatable bonds is 4. The lowest BCUT2D eigenvalue weighted by atomic mass is 10.3. The maximum absolute atomic E-state index is 6.09. The van der Waals surface area contributed by atoms with Crippen LogP contribution in [-0.2, 0) is 0 Å². The number of nitrogens with one attached hydrogen (secondary N) is 2. The number of aromatic nitrogens is 2. The zero-order valence-corrected chi connectivity index (χ0v) is 12.3. The average molecular weight is 318 g/mol. The first-order valence-electron chi connectivity index (χ1n) is 5.58. The van der Waals surface area contributed by atoms with Gasteiger partial charge in [-0.1, -0.05) is 34.8 Å². The second kappa shape index (κ2) is 6.28. The van der Waals surface area contributed by atoms with Gasteiger partial charge in [-0.2, -0.15) is 4.98 Å². The fourth-order valence-electron chi connectivity index (χ4n) is 1.43. The lowest BCUT2D eigenvalue weighted by Gasteiger charge is -2.10. The average Bonchev–Trinajstić information content (AvgIpc) is 2.37. The van der Waals surface area contributed by atoms with Crippen LogP contribution in [0.3, 0.4) is 0 Å². The lowest BCUT2D eigenvalue weighted by Crippen LogP contribution is -2.03. The molecule has 1 aromatic heterocycles. The van der Waals surface area contributed by atoms with Crippen LogP contribution in [0.2, 0.25) is 15.1 Å². The summed E-state index contributed by atoms with van der Waals surface area (Å²) in [4.78, 5) is 8.37. The standard InChI is InChI=1S/C12H11Cl3N4/c1-2-16-12-17-4-3-11(19-12)18-10-6-8(14)7(13)5-9(10)15/h3-6H,2H2,1H3,(H2,16,17,18,19). The molecule has 0 bridgehead atoms. The Balaban J connectivity index is 2.25. The number of benzene rings is 1. The fourth-order valence-corrected chi connectivity index (χ4v) is 2.02. The molecule has 100 valence electrons. The summed E-state index contributed by atoms with van der Waals surface area (Å²) in [6.45, 7) is 2.72. The third-order valence-corrected chi connectivity index (χ3v) is 3.30. The molecule has 0 atom stereocenters. The molecule has 0 aliphatic rings. The highest BCUT2D eigenvalue weighted by Gasteiger charge is 2.07. The molecule has 2 aromatic rings. The van der Waals surface area contributed by atoms with Gasteiger partial charge in [-0.15, -0.1) is 0 Å². The van der Waals surface area contributed by atoms with Crippen LogP contribution in [0.25, 0.3) is 0 Å². The van der Waals surface area contributed by atoms with E-state index in [1.807, 2.05) is 6.92 Å². The summed E-state index contributed by atoms with van der Waals surface area (Å²) in [6, 6.07) is 4.97. The Morgan fingerprint density at radius 2 is 1.84 bits per heavy atom. The minimum atomic E-state index is 0.410. The topological polar surface area (TPSA) is 49.8 Å². The van der Waals surface area contributed by atoms with E-state index in [-0.39, 0.29) is 0 Å². The third-order valence-electron chi connectivity index (χ3n) is 2.26. The SMILES string of the molecule is CCNc1nccc(Nc2cc(Cl)c(Cl)cc2Cl)n1. The molecule has 2 rings (SSSR count). The van der Waals surface area contributed by atoms with Gasteiger partial charge in [-0.25, -0.2) is 4.98 Å². The monoisotopic (exact) mass is 316 g/mol. The van der Waals surface area contributed by atoms with E-state index in [9.17, 15) is 0 Å². The van der Waals surface area contributed by atoms with E-state index in [2.05, 4.69) is 20.6 Å². The van der Waals surface area contributed by atoms with Gasteiger partial charge in [0.05, 0.1) is 20.8 Å². The van der Waals surface area contributed by atoms with Gasteiger partial charge in [0.15, 0.2) is 0 Å². The molecule has 0 saturated carbocycles. The molecule has 4 nitrogen and oxygen atoms in total. The second-order valence-electron chi connectivity index (χ2n) is 3.67. The molecule has 2 N–H and O–H groups in total. The van der Waals surface area contributed by atoms with Gasteiger partial charge in [0.25, 0.3) is 0 Å². The van der Waals surface area contributed by atoms with Crippen molar-refractivity contribution in [1.82, 2.24) is 9.97 Å². The minimum Gasteiger partial charge on any atom is -0.354 e. The van der Waals surface area contributed by atoms with Crippen molar-refractivity contribution in [3.63, 3.8) is 0 Å². The van der Waals surface area contributed by atoms with Crippen molar-refractivity contribution in [1.29, 1.82) is 0 Å². The second-order valence-corrected chi connectivity index (χ2v) is 4.89. The summed E-state index contributed by atoms with van der Waals surface area (Å²) in [5, 5.41) is 7.41. The predicted molar refractivity (Wildman–Crippen MR) is 81.0 cm³/mol. The Hall–Kier alpha value is -1.23. The molecule has 0 saturated heterocycles. The van der Waals surface area contributed by atoms with Crippen molar-refractivity contribution in [3.8, 4) is 0 Å². The number of nitrogens with zero attached hydrogens (tertiary/aromatic N) is 2. The zero-order chi connectivity index (χ0) is 13.8. The molecule has 19 heavy (non-hydrogen) atoms. The van der Waals surface area contributed by atoms with Crippen LogP contribution in [0.1, 0.15) is 6.92 Å². The number of hydrogen-bond donors (Lipinski definition) is 2. The summed E-state index contributed by atoms with van der Waals surface area (Å²) >= 11 is 17.9. The first kappa shape index (κ1) is 14.2. The van der Waals surface area contributed by atoms with Crippen molar-refractivity contribution in [3.05, 3.63) is 39.5 Å². The normalized spacial score (nSPS) is 10.3. The molecule has 0 unspecified atom stereocenters. The van der Waals surface area contributed by atoms with Crippen LogP contribution in [0.5, 0.6) is 0 Å². The Labute approximate surface area is 126 Å². The molecule has 0 spiro atoms. The minimum absolute atomic E-state index is 0.410. The Morgan fingerprint density at radius 3 is 2.58 bits per heavy atom. The van der Waals surface area contributed by atoms with Crippen molar-refractivity contribution >= 4 is 52.3 Å². The van der Waals surface area contributed by atoms with Crippen LogP contribution in [0.4, 0.5) is 17.5 Å².